The monoisotopic (exact) mass is 278 g/mol. The number of benzene rings is 1. The molecule has 0 saturated heterocycles. The molecule has 1 aromatic heterocycles. The smallest absolute Gasteiger partial charge is 0.304 e. The van der Waals surface area contributed by atoms with Crippen molar-refractivity contribution >= 4 is 22.9 Å². The molecular weight excluding hydrogens is 264 g/mol. The average molecular weight is 278 g/mol. The van der Waals surface area contributed by atoms with Gasteiger partial charge in [-0.05, 0) is 30.7 Å². The van der Waals surface area contributed by atoms with Crippen LogP contribution in [0.25, 0.3) is 0 Å². The van der Waals surface area contributed by atoms with Crippen molar-refractivity contribution in [3.8, 4) is 0 Å². The van der Waals surface area contributed by atoms with Gasteiger partial charge in [0.1, 0.15) is 0 Å². The zero-order valence-electron chi connectivity index (χ0n) is 10.3. The molecule has 0 fully saturated rings. The highest BCUT2D eigenvalue weighted by molar-refractivity contribution is 7.07. The first-order chi connectivity index (χ1) is 9.10. The molecule has 1 aromatic carbocycles. The lowest BCUT2D eigenvalue weighted by atomic mass is 10.1. The lowest BCUT2D eigenvalue weighted by Crippen LogP contribution is -2.24. The summed E-state index contributed by atoms with van der Waals surface area (Å²) >= 11 is 1.08. The number of anilines is 1. The van der Waals surface area contributed by atoms with Crippen LogP contribution in [0.2, 0.25) is 0 Å². The number of nitrogens with two attached hydrogens (primary N) is 1. The molecule has 0 radical (unpaired) electrons. The molecule has 6 nitrogen and oxygen atoms in total. The van der Waals surface area contributed by atoms with Gasteiger partial charge in [-0.2, -0.15) is 0 Å². The van der Waals surface area contributed by atoms with Crippen molar-refractivity contribution in [1.82, 2.24) is 10.3 Å². The van der Waals surface area contributed by atoms with Gasteiger partial charge in [-0.3, -0.25) is 15.4 Å². The molecule has 2 aromatic rings. The zero-order valence-corrected chi connectivity index (χ0v) is 11.1. The van der Waals surface area contributed by atoms with E-state index in [0.717, 1.165) is 22.6 Å². The number of H-pyrrole nitrogens is 1. The van der Waals surface area contributed by atoms with Gasteiger partial charge in [0.15, 0.2) is 0 Å². The minimum absolute atomic E-state index is 0.126. The van der Waals surface area contributed by atoms with Crippen molar-refractivity contribution in [3.63, 3.8) is 0 Å². The van der Waals surface area contributed by atoms with Crippen molar-refractivity contribution in [1.29, 1.82) is 0 Å². The number of amides is 1. The van der Waals surface area contributed by atoms with Crippen LogP contribution in [0, 0.1) is 6.92 Å². The number of aromatic amines is 1. The van der Waals surface area contributed by atoms with Gasteiger partial charge >= 0.3 is 4.87 Å². The molecule has 0 saturated carbocycles. The van der Waals surface area contributed by atoms with E-state index in [0.29, 0.717) is 17.8 Å². The summed E-state index contributed by atoms with van der Waals surface area (Å²) in [6, 6.07) is 5.23. The number of hydrogen-bond donors (Lipinski definition) is 4. The minimum Gasteiger partial charge on any atom is -0.346 e. The third kappa shape index (κ3) is 3.21. The minimum atomic E-state index is -0.187. The van der Waals surface area contributed by atoms with Crippen molar-refractivity contribution in [2.45, 2.75) is 13.5 Å². The molecule has 7 heteroatoms. The van der Waals surface area contributed by atoms with Crippen LogP contribution in [0.4, 0.5) is 5.69 Å². The molecule has 0 atom stereocenters. The molecule has 0 aliphatic rings. The summed E-state index contributed by atoms with van der Waals surface area (Å²) in [5.41, 5.74) is 5.37. The molecule has 1 heterocycles. The molecule has 5 N–H and O–H groups in total. The van der Waals surface area contributed by atoms with E-state index in [9.17, 15) is 9.59 Å². The second-order valence-electron chi connectivity index (χ2n) is 4.03. The van der Waals surface area contributed by atoms with Crippen LogP contribution >= 0.6 is 11.3 Å². The summed E-state index contributed by atoms with van der Waals surface area (Å²) in [5, 5.41) is 4.44. The number of nitrogens with one attached hydrogen (secondary N) is 3. The van der Waals surface area contributed by atoms with Gasteiger partial charge in [0, 0.05) is 22.3 Å². The Hall–Kier alpha value is -2.12. The predicted molar refractivity (Wildman–Crippen MR) is 75.1 cm³/mol. The summed E-state index contributed by atoms with van der Waals surface area (Å²) in [7, 11) is 0. The van der Waals surface area contributed by atoms with E-state index >= 15 is 0 Å². The fourth-order valence-electron chi connectivity index (χ4n) is 1.68. The third-order valence-electron chi connectivity index (χ3n) is 2.65. The summed E-state index contributed by atoms with van der Waals surface area (Å²) in [4.78, 5) is 25.5. The number of aromatic nitrogens is 1. The number of carbonyl (C=O) groups excluding carboxylic acids is 1. The highest BCUT2D eigenvalue weighted by atomic mass is 32.1. The van der Waals surface area contributed by atoms with Crippen LogP contribution in [0.15, 0.2) is 28.4 Å². The van der Waals surface area contributed by atoms with Gasteiger partial charge in [0.05, 0.1) is 6.54 Å². The van der Waals surface area contributed by atoms with Gasteiger partial charge in [0.2, 0.25) is 0 Å². The van der Waals surface area contributed by atoms with Crippen molar-refractivity contribution < 1.29 is 4.79 Å². The van der Waals surface area contributed by atoms with Crippen molar-refractivity contribution in [2.24, 2.45) is 5.84 Å². The van der Waals surface area contributed by atoms with E-state index in [1.54, 1.807) is 23.6 Å². The Bertz CT molecular complexity index is 647. The standard InChI is InChI=1S/C12H14N4O2S/c1-7-4-8(16-13)2-3-10(7)11(17)14-5-9-6-19-12(18)15-9/h2-4,6,16H,5,13H2,1H3,(H,14,17)(H,15,18). The maximum Gasteiger partial charge on any atom is 0.304 e. The van der Waals surface area contributed by atoms with Crippen molar-refractivity contribution in [2.75, 3.05) is 5.43 Å². The largest absolute Gasteiger partial charge is 0.346 e. The number of nitrogen functional groups attached to an aromatic ring is 1. The van der Waals surface area contributed by atoms with E-state index in [4.69, 9.17) is 5.84 Å². The second kappa shape index (κ2) is 5.68. The predicted octanol–water partition coefficient (Wildman–Crippen LogP) is 0.960. The Labute approximate surface area is 113 Å². The Morgan fingerprint density at radius 1 is 1.47 bits per heavy atom. The highest BCUT2D eigenvalue weighted by Gasteiger charge is 2.09. The van der Waals surface area contributed by atoms with Crippen LogP contribution in [-0.2, 0) is 6.54 Å². The molecule has 100 valence electrons. The van der Waals surface area contributed by atoms with Crippen LogP contribution in [0.1, 0.15) is 21.6 Å². The van der Waals surface area contributed by atoms with Crippen LogP contribution in [-0.4, -0.2) is 10.9 Å². The first-order valence-corrected chi connectivity index (χ1v) is 6.50. The number of hydrazine groups is 1. The van der Waals surface area contributed by atoms with Crippen LogP contribution in [0.5, 0.6) is 0 Å². The van der Waals surface area contributed by atoms with E-state index in [1.807, 2.05) is 6.92 Å². The zero-order chi connectivity index (χ0) is 13.8. The lowest BCUT2D eigenvalue weighted by molar-refractivity contribution is 0.0950. The van der Waals surface area contributed by atoms with E-state index in [2.05, 4.69) is 15.7 Å². The van der Waals surface area contributed by atoms with E-state index in [-0.39, 0.29) is 10.8 Å². The molecule has 19 heavy (non-hydrogen) atoms. The molecule has 1 amide bonds. The van der Waals surface area contributed by atoms with Crippen LogP contribution < -0.4 is 21.5 Å². The van der Waals surface area contributed by atoms with Gasteiger partial charge in [-0.25, -0.2) is 0 Å². The van der Waals surface area contributed by atoms with Gasteiger partial charge in [-0.1, -0.05) is 11.3 Å². The molecule has 0 unspecified atom stereocenters. The maximum absolute atomic E-state index is 12.0. The summed E-state index contributed by atoms with van der Waals surface area (Å²) in [6.07, 6.45) is 0. The number of carbonyl (C=O) groups is 1. The molecule has 0 spiro atoms. The van der Waals surface area contributed by atoms with Gasteiger partial charge in [0.25, 0.3) is 5.91 Å². The second-order valence-corrected chi connectivity index (χ2v) is 4.87. The Balaban J connectivity index is 2.05. The molecule has 0 bridgehead atoms. The van der Waals surface area contributed by atoms with Crippen LogP contribution in [0.3, 0.4) is 0 Å². The Morgan fingerprint density at radius 2 is 2.26 bits per heavy atom. The first-order valence-electron chi connectivity index (χ1n) is 5.62. The number of aryl methyl sites for hydroxylation is 1. The molecule has 2 rings (SSSR count). The van der Waals surface area contributed by atoms with Gasteiger partial charge < -0.3 is 15.7 Å². The fraction of sp³-hybridized carbons (Fsp3) is 0.167. The van der Waals surface area contributed by atoms with E-state index < -0.39 is 0 Å². The quantitative estimate of drug-likeness (QED) is 0.494. The normalized spacial score (nSPS) is 10.2. The SMILES string of the molecule is Cc1cc(NN)ccc1C(=O)NCc1csc(=O)[nH]1. The van der Waals surface area contributed by atoms with Gasteiger partial charge in [-0.15, -0.1) is 0 Å². The summed E-state index contributed by atoms with van der Waals surface area (Å²) in [6.45, 7) is 2.14. The average Bonchev–Trinajstić information content (AvgIpc) is 2.81. The molecule has 0 aliphatic carbocycles. The third-order valence-corrected chi connectivity index (χ3v) is 3.37. The molecule has 0 aliphatic heterocycles. The fourth-order valence-corrected chi connectivity index (χ4v) is 2.26. The summed E-state index contributed by atoms with van der Waals surface area (Å²) < 4.78 is 0. The Kier molecular flexibility index (Phi) is 3.98. The number of thiazole rings is 1. The number of hydrogen-bond acceptors (Lipinski definition) is 5. The Morgan fingerprint density at radius 3 is 2.84 bits per heavy atom. The lowest BCUT2D eigenvalue weighted by Gasteiger charge is -2.08. The maximum atomic E-state index is 12.0. The van der Waals surface area contributed by atoms with Crippen molar-refractivity contribution in [3.05, 3.63) is 50.1 Å². The van der Waals surface area contributed by atoms with E-state index in [1.165, 1.54) is 0 Å². The number of rotatable bonds is 4. The topological polar surface area (TPSA) is 100 Å². The molecular formula is C12H14N4O2S. The summed E-state index contributed by atoms with van der Waals surface area (Å²) in [5.74, 6) is 5.11. The highest BCUT2D eigenvalue weighted by Crippen LogP contribution is 2.14. The first kappa shape index (κ1) is 13.3.